The van der Waals surface area contributed by atoms with E-state index in [2.05, 4.69) is 10.3 Å². The number of halogens is 1. The number of benzene rings is 1. The zero-order chi connectivity index (χ0) is 18.6. The van der Waals surface area contributed by atoms with Crippen molar-refractivity contribution in [3.05, 3.63) is 50.9 Å². The Morgan fingerprint density at radius 2 is 2.08 bits per heavy atom. The van der Waals surface area contributed by atoms with Crippen LogP contribution in [0.25, 0.3) is 0 Å². The van der Waals surface area contributed by atoms with E-state index < -0.39 is 5.97 Å². The maximum Gasteiger partial charge on any atom is 0.355 e. The Labute approximate surface area is 161 Å². The van der Waals surface area contributed by atoms with Gasteiger partial charge in [0.15, 0.2) is 5.69 Å². The minimum Gasteiger partial charge on any atom is -0.476 e. The van der Waals surface area contributed by atoms with E-state index in [0.29, 0.717) is 24.4 Å². The molecular formula is C19H21ClN2O3S. The summed E-state index contributed by atoms with van der Waals surface area (Å²) in [6, 6.07) is 7.70. The summed E-state index contributed by atoms with van der Waals surface area (Å²) in [6.07, 6.45) is 5.11. The van der Waals surface area contributed by atoms with Gasteiger partial charge >= 0.3 is 5.97 Å². The first-order valence-corrected chi connectivity index (χ1v) is 9.95. The zero-order valence-corrected chi connectivity index (χ0v) is 15.9. The van der Waals surface area contributed by atoms with Crippen LogP contribution in [0.4, 0.5) is 0 Å². The number of aromatic nitrogens is 1. The van der Waals surface area contributed by atoms with E-state index in [4.69, 9.17) is 16.7 Å². The highest BCUT2D eigenvalue weighted by molar-refractivity contribution is 7.09. The number of carboxylic acids is 1. The number of aromatic carboxylic acids is 1. The second-order valence-corrected chi connectivity index (χ2v) is 8.11. The Morgan fingerprint density at radius 1 is 1.31 bits per heavy atom. The Balaban J connectivity index is 1.60. The summed E-state index contributed by atoms with van der Waals surface area (Å²) in [6.45, 7) is 0.461. The maximum absolute atomic E-state index is 12.9. The molecule has 26 heavy (non-hydrogen) atoms. The molecule has 2 N–H and O–H groups in total. The first-order valence-electron chi connectivity index (χ1n) is 8.69. The van der Waals surface area contributed by atoms with Gasteiger partial charge in [-0.25, -0.2) is 9.78 Å². The van der Waals surface area contributed by atoms with Crippen molar-refractivity contribution in [2.75, 3.05) is 6.54 Å². The van der Waals surface area contributed by atoms with Crippen molar-refractivity contribution < 1.29 is 14.7 Å². The fourth-order valence-electron chi connectivity index (χ4n) is 3.57. The Hall–Kier alpha value is -1.92. The van der Waals surface area contributed by atoms with Crippen LogP contribution in [-0.4, -0.2) is 28.5 Å². The molecule has 1 aromatic carbocycles. The van der Waals surface area contributed by atoms with Gasteiger partial charge in [0.2, 0.25) is 5.91 Å². The lowest BCUT2D eigenvalue weighted by Crippen LogP contribution is -2.41. The van der Waals surface area contributed by atoms with E-state index in [1.165, 1.54) is 16.7 Å². The summed E-state index contributed by atoms with van der Waals surface area (Å²) in [5.41, 5.74) is 0.768. The topological polar surface area (TPSA) is 79.3 Å². The van der Waals surface area contributed by atoms with Gasteiger partial charge in [-0.15, -0.1) is 11.3 Å². The number of hydrogen-bond donors (Lipinski definition) is 2. The van der Waals surface area contributed by atoms with Gasteiger partial charge in [0, 0.05) is 23.4 Å². The second-order valence-electron chi connectivity index (χ2n) is 6.73. The van der Waals surface area contributed by atoms with Gasteiger partial charge in [-0.3, -0.25) is 4.79 Å². The molecule has 1 amide bonds. The van der Waals surface area contributed by atoms with Crippen molar-refractivity contribution in [1.82, 2.24) is 10.3 Å². The van der Waals surface area contributed by atoms with Crippen molar-refractivity contribution in [2.45, 2.75) is 38.5 Å². The van der Waals surface area contributed by atoms with Crippen molar-refractivity contribution in [1.29, 1.82) is 0 Å². The van der Waals surface area contributed by atoms with Gasteiger partial charge in [0.25, 0.3) is 0 Å². The SMILES string of the molecule is O=C(O)c1csc(CCNC(=O)C2(Cc3cccc(Cl)c3)CCCC2)n1. The number of carboxylic acid groups (broad SMARTS) is 1. The predicted octanol–water partition coefficient (Wildman–Crippen LogP) is 3.96. The highest BCUT2D eigenvalue weighted by atomic mass is 35.5. The molecule has 3 rings (SSSR count). The molecule has 0 spiro atoms. The van der Waals surface area contributed by atoms with Crippen LogP contribution in [0.1, 0.15) is 46.7 Å². The molecule has 2 aromatic rings. The van der Waals surface area contributed by atoms with Crippen LogP contribution in [0.15, 0.2) is 29.6 Å². The second kappa shape index (κ2) is 8.18. The summed E-state index contributed by atoms with van der Waals surface area (Å²) in [4.78, 5) is 27.8. The quantitative estimate of drug-likeness (QED) is 0.747. The van der Waals surface area contributed by atoms with E-state index in [1.54, 1.807) is 0 Å². The van der Waals surface area contributed by atoms with E-state index in [1.807, 2.05) is 24.3 Å². The first-order chi connectivity index (χ1) is 12.5. The standard InChI is InChI=1S/C19H21ClN2O3S/c20-14-5-3-4-13(10-14)11-19(7-1-2-8-19)18(25)21-9-6-16-22-15(12-26-16)17(23)24/h3-5,10,12H,1-2,6-9,11H2,(H,21,25)(H,23,24). The lowest BCUT2D eigenvalue weighted by Gasteiger charge is -2.28. The molecule has 0 saturated heterocycles. The largest absolute Gasteiger partial charge is 0.476 e. The summed E-state index contributed by atoms with van der Waals surface area (Å²) < 4.78 is 0. The lowest BCUT2D eigenvalue weighted by atomic mass is 9.79. The Kier molecular flexibility index (Phi) is 5.94. The molecule has 1 saturated carbocycles. The van der Waals surface area contributed by atoms with E-state index in [0.717, 1.165) is 36.3 Å². The third-order valence-electron chi connectivity index (χ3n) is 4.87. The number of amides is 1. The molecule has 0 bridgehead atoms. The summed E-state index contributed by atoms with van der Waals surface area (Å²) in [5.74, 6) is -0.951. The first kappa shape index (κ1) is 18.9. The zero-order valence-electron chi connectivity index (χ0n) is 14.3. The van der Waals surface area contributed by atoms with Gasteiger partial charge in [-0.2, -0.15) is 0 Å². The van der Waals surface area contributed by atoms with Crippen molar-refractivity contribution in [3.63, 3.8) is 0 Å². The van der Waals surface area contributed by atoms with Crippen molar-refractivity contribution in [2.24, 2.45) is 5.41 Å². The average Bonchev–Trinajstić information content (AvgIpc) is 3.25. The summed E-state index contributed by atoms with van der Waals surface area (Å²) in [5, 5.41) is 14.9. The van der Waals surface area contributed by atoms with E-state index in [9.17, 15) is 9.59 Å². The van der Waals surface area contributed by atoms with Crippen LogP contribution in [0.5, 0.6) is 0 Å². The maximum atomic E-state index is 12.9. The molecule has 1 aromatic heterocycles. The number of carbonyl (C=O) groups excluding carboxylic acids is 1. The summed E-state index contributed by atoms with van der Waals surface area (Å²) >= 11 is 7.39. The van der Waals surface area contributed by atoms with E-state index in [-0.39, 0.29) is 17.0 Å². The molecule has 138 valence electrons. The molecule has 1 fully saturated rings. The highest BCUT2D eigenvalue weighted by Crippen LogP contribution is 2.41. The third kappa shape index (κ3) is 4.43. The van der Waals surface area contributed by atoms with Gasteiger partial charge < -0.3 is 10.4 Å². The highest BCUT2D eigenvalue weighted by Gasteiger charge is 2.40. The van der Waals surface area contributed by atoms with Crippen LogP contribution >= 0.6 is 22.9 Å². The lowest BCUT2D eigenvalue weighted by molar-refractivity contribution is -0.130. The number of nitrogens with one attached hydrogen (secondary N) is 1. The smallest absolute Gasteiger partial charge is 0.355 e. The fraction of sp³-hybridized carbons (Fsp3) is 0.421. The minimum absolute atomic E-state index is 0.0598. The summed E-state index contributed by atoms with van der Waals surface area (Å²) in [7, 11) is 0. The molecule has 0 aliphatic heterocycles. The van der Waals surface area contributed by atoms with Gasteiger partial charge in [0.1, 0.15) is 0 Å². The Morgan fingerprint density at radius 3 is 2.73 bits per heavy atom. The number of rotatable bonds is 7. The molecule has 0 radical (unpaired) electrons. The van der Waals surface area contributed by atoms with Crippen LogP contribution in [0, 0.1) is 5.41 Å². The molecule has 0 unspecified atom stereocenters. The monoisotopic (exact) mass is 392 g/mol. The van der Waals surface area contributed by atoms with Crippen molar-refractivity contribution >= 4 is 34.8 Å². The predicted molar refractivity (Wildman–Crippen MR) is 102 cm³/mol. The van der Waals surface area contributed by atoms with Crippen LogP contribution < -0.4 is 5.32 Å². The molecule has 1 heterocycles. The van der Waals surface area contributed by atoms with Crippen LogP contribution in [0.3, 0.4) is 0 Å². The van der Waals surface area contributed by atoms with Crippen LogP contribution in [0.2, 0.25) is 5.02 Å². The molecular weight excluding hydrogens is 372 g/mol. The van der Waals surface area contributed by atoms with Gasteiger partial charge in [-0.1, -0.05) is 36.6 Å². The van der Waals surface area contributed by atoms with Crippen molar-refractivity contribution in [3.8, 4) is 0 Å². The normalized spacial score (nSPS) is 15.7. The Bertz CT molecular complexity index is 800. The number of thiazole rings is 1. The molecule has 0 atom stereocenters. The third-order valence-corrected chi connectivity index (χ3v) is 6.01. The molecule has 7 heteroatoms. The number of nitrogens with zero attached hydrogens (tertiary/aromatic N) is 1. The minimum atomic E-state index is -1.03. The molecule has 1 aliphatic carbocycles. The van der Waals surface area contributed by atoms with Crippen LogP contribution in [-0.2, 0) is 17.6 Å². The van der Waals surface area contributed by atoms with E-state index >= 15 is 0 Å². The molecule has 1 aliphatic rings. The number of hydrogen-bond acceptors (Lipinski definition) is 4. The number of carbonyl (C=O) groups is 2. The fourth-order valence-corrected chi connectivity index (χ4v) is 4.55. The van der Waals surface area contributed by atoms with Gasteiger partial charge in [-0.05, 0) is 37.0 Å². The van der Waals surface area contributed by atoms with Gasteiger partial charge in [0.05, 0.1) is 10.4 Å². The average molecular weight is 393 g/mol. The molecule has 5 nitrogen and oxygen atoms in total.